The van der Waals surface area contributed by atoms with Crippen LogP contribution in [0.5, 0.6) is 0 Å². The predicted octanol–water partition coefficient (Wildman–Crippen LogP) is 1.47. The molecule has 3 atom stereocenters. The summed E-state index contributed by atoms with van der Waals surface area (Å²) in [7, 11) is 0. The summed E-state index contributed by atoms with van der Waals surface area (Å²) in [5.41, 5.74) is 5.83. The quantitative estimate of drug-likeness (QED) is 0.723. The molecule has 0 amide bonds. The molecule has 0 radical (unpaired) electrons. The van der Waals surface area contributed by atoms with Crippen LogP contribution in [0.15, 0.2) is 0 Å². The minimum atomic E-state index is -0.727. The van der Waals surface area contributed by atoms with E-state index in [9.17, 15) is 4.79 Å². The van der Waals surface area contributed by atoms with Gasteiger partial charge in [-0.3, -0.25) is 4.79 Å². The van der Waals surface area contributed by atoms with E-state index in [1.807, 2.05) is 0 Å². The second-order valence-electron chi connectivity index (χ2n) is 4.43. The second kappa shape index (κ2) is 5.72. The molecule has 86 valence electrons. The van der Waals surface area contributed by atoms with Gasteiger partial charge in [-0.25, -0.2) is 0 Å². The van der Waals surface area contributed by atoms with Gasteiger partial charge in [0.1, 0.15) is 0 Å². The van der Waals surface area contributed by atoms with Crippen molar-refractivity contribution in [2.45, 2.75) is 39.2 Å². The van der Waals surface area contributed by atoms with Crippen molar-refractivity contribution in [1.29, 1.82) is 0 Å². The minimum Gasteiger partial charge on any atom is -0.481 e. The summed E-state index contributed by atoms with van der Waals surface area (Å²) < 4.78 is 0. The van der Waals surface area contributed by atoms with Crippen LogP contribution in [0.1, 0.15) is 33.1 Å². The van der Waals surface area contributed by atoms with Crippen molar-refractivity contribution in [3.63, 3.8) is 0 Å². The molecule has 4 heteroatoms. The second-order valence-corrected chi connectivity index (χ2v) is 4.43. The number of carboxylic acid groups (broad SMARTS) is 1. The maximum Gasteiger partial charge on any atom is 0.308 e. The topological polar surface area (TPSA) is 63.3 Å². The molecule has 0 heterocycles. The molecule has 1 aliphatic rings. The third-order valence-corrected chi connectivity index (χ3v) is 3.20. The van der Waals surface area contributed by atoms with Crippen molar-refractivity contribution < 1.29 is 26.4 Å². The molecule has 0 saturated heterocycles. The smallest absolute Gasteiger partial charge is 0.308 e. The largest absolute Gasteiger partial charge is 0.481 e. The van der Waals surface area contributed by atoms with Gasteiger partial charge in [0, 0.05) is 22.5 Å². The van der Waals surface area contributed by atoms with Gasteiger partial charge >= 0.3 is 5.97 Å². The van der Waals surface area contributed by atoms with Gasteiger partial charge in [0.05, 0.1) is 5.92 Å². The molecule has 3 N–H and O–H groups in total. The van der Waals surface area contributed by atoms with Gasteiger partial charge in [-0.05, 0) is 31.1 Å². The maximum absolute atomic E-state index is 10.8. The molecule has 1 aliphatic carbocycles. The van der Waals surface area contributed by atoms with Gasteiger partial charge in [0.15, 0.2) is 0 Å². The monoisotopic (exact) mass is 243 g/mol. The first-order valence-corrected chi connectivity index (χ1v) is 5.00. The Bertz CT molecular complexity index is 197. The Morgan fingerprint density at radius 2 is 2.00 bits per heavy atom. The van der Waals surface area contributed by atoms with E-state index in [0.717, 1.165) is 19.3 Å². The summed E-state index contributed by atoms with van der Waals surface area (Å²) in [4.78, 5) is 10.8. The number of rotatable bonds is 2. The first-order valence-electron chi connectivity index (χ1n) is 5.00. The molecular formula is C10H19NNiO2. The molecule has 0 aromatic heterocycles. The number of aliphatic carboxylic acids is 1. The zero-order chi connectivity index (χ0) is 10.0. The fraction of sp³-hybridized carbons (Fsp3) is 0.900. The van der Waals surface area contributed by atoms with Crippen molar-refractivity contribution in [3.8, 4) is 0 Å². The first-order chi connectivity index (χ1) is 6.02. The minimum absolute atomic E-state index is 0. The molecule has 0 spiro atoms. The average molecular weight is 244 g/mol. The standard InChI is InChI=1S/C10H19NO2.Ni/c1-6(2)7-3-4-8(10(12)13)9(11)5-7;/h6-9H,3-5,11H2,1-2H3,(H,12,13);. The van der Waals surface area contributed by atoms with E-state index in [4.69, 9.17) is 10.8 Å². The van der Waals surface area contributed by atoms with E-state index < -0.39 is 5.97 Å². The van der Waals surface area contributed by atoms with Crippen molar-refractivity contribution in [1.82, 2.24) is 0 Å². The van der Waals surface area contributed by atoms with E-state index in [2.05, 4.69) is 13.8 Å². The molecule has 0 aliphatic heterocycles. The van der Waals surface area contributed by atoms with Crippen LogP contribution in [0.25, 0.3) is 0 Å². The van der Waals surface area contributed by atoms with E-state index in [0.29, 0.717) is 11.8 Å². The average Bonchev–Trinajstić information content (AvgIpc) is 2.03. The number of carboxylic acids is 1. The van der Waals surface area contributed by atoms with Crippen LogP contribution in [-0.4, -0.2) is 17.1 Å². The van der Waals surface area contributed by atoms with E-state index in [1.54, 1.807) is 0 Å². The third-order valence-electron chi connectivity index (χ3n) is 3.20. The predicted molar refractivity (Wildman–Crippen MR) is 51.3 cm³/mol. The molecule has 0 bridgehead atoms. The fourth-order valence-corrected chi connectivity index (χ4v) is 2.15. The van der Waals surface area contributed by atoms with Gasteiger partial charge in [0.2, 0.25) is 0 Å². The summed E-state index contributed by atoms with van der Waals surface area (Å²) >= 11 is 0. The molecule has 0 aromatic carbocycles. The van der Waals surface area contributed by atoms with Crippen LogP contribution in [0.2, 0.25) is 0 Å². The van der Waals surface area contributed by atoms with E-state index >= 15 is 0 Å². The summed E-state index contributed by atoms with van der Waals surface area (Å²) in [6, 6.07) is -0.140. The Labute approximate surface area is 95.4 Å². The van der Waals surface area contributed by atoms with Crippen molar-refractivity contribution in [2.75, 3.05) is 0 Å². The molecular weight excluding hydrogens is 225 g/mol. The molecule has 3 nitrogen and oxygen atoms in total. The normalized spacial score (nSPS) is 32.4. The first kappa shape index (κ1) is 13.9. The van der Waals surface area contributed by atoms with Gasteiger partial charge in [-0.15, -0.1) is 0 Å². The van der Waals surface area contributed by atoms with E-state index in [-0.39, 0.29) is 28.5 Å². The van der Waals surface area contributed by atoms with Crippen LogP contribution in [0, 0.1) is 17.8 Å². The Kier molecular flexibility index (Phi) is 5.69. The summed E-state index contributed by atoms with van der Waals surface area (Å²) in [6.45, 7) is 4.36. The van der Waals surface area contributed by atoms with Gasteiger partial charge < -0.3 is 10.8 Å². The van der Waals surface area contributed by atoms with Crippen molar-refractivity contribution in [3.05, 3.63) is 0 Å². The Hall–Kier alpha value is -0.0765. The Morgan fingerprint density at radius 3 is 2.36 bits per heavy atom. The molecule has 1 rings (SSSR count). The zero-order valence-electron chi connectivity index (χ0n) is 8.68. The summed E-state index contributed by atoms with van der Waals surface area (Å²) in [5.74, 6) is 0.205. The van der Waals surface area contributed by atoms with Crippen LogP contribution >= 0.6 is 0 Å². The van der Waals surface area contributed by atoms with Gasteiger partial charge in [0.25, 0.3) is 0 Å². The third kappa shape index (κ3) is 3.25. The molecule has 1 fully saturated rings. The Balaban J connectivity index is 0.00000169. The summed E-state index contributed by atoms with van der Waals surface area (Å²) in [6.07, 6.45) is 2.64. The van der Waals surface area contributed by atoms with E-state index in [1.165, 1.54) is 0 Å². The van der Waals surface area contributed by atoms with Gasteiger partial charge in [-0.1, -0.05) is 13.8 Å². The van der Waals surface area contributed by atoms with Crippen LogP contribution in [0.3, 0.4) is 0 Å². The van der Waals surface area contributed by atoms with Crippen molar-refractivity contribution >= 4 is 5.97 Å². The van der Waals surface area contributed by atoms with Gasteiger partial charge in [-0.2, -0.15) is 0 Å². The SMILES string of the molecule is CC(C)C1CCC(C(=O)O)C(N)C1.[Ni]. The molecule has 3 unspecified atom stereocenters. The number of nitrogens with two attached hydrogens (primary N) is 1. The summed E-state index contributed by atoms with van der Waals surface area (Å²) in [5, 5.41) is 8.85. The van der Waals surface area contributed by atoms with Crippen LogP contribution in [-0.2, 0) is 21.3 Å². The molecule has 14 heavy (non-hydrogen) atoms. The van der Waals surface area contributed by atoms with Crippen molar-refractivity contribution in [2.24, 2.45) is 23.5 Å². The molecule has 0 aromatic rings. The van der Waals surface area contributed by atoms with Crippen LogP contribution in [0.4, 0.5) is 0 Å². The number of hydrogen-bond acceptors (Lipinski definition) is 2. The number of carbonyl (C=O) groups is 1. The maximum atomic E-state index is 10.8. The van der Waals surface area contributed by atoms with Crippen LogP contribution < -0.4 is 5.73 Å². The molecule has 1 saturated carbocycles. The fourth-order valence-electron chi connectivity index (χ4n) is 2.15. The number of hydrogen-bond donors (Lipinski definition) is 2. The Morgan fingerprint density at radius 1 is 1.43 bits per heavy atom. The zero-order valence-corrected chi connectivity index (χ0v) is 9.67.